The summed E-state index contributed by atoms with van der Waals surface area (Å²) in [7, 11) is 0. The summed E-state index contributed by atoms with van der Waals surface area (Å²) < 4.78 is 6.85. The smallest absolute Gasteiger partial charge is 0.250 e. The SMILES string of the molecule is CC(C)c1ccc(/C=C/C(=O)NC(=S)NCc2ccc(-c3ccc(Br)cc3)o2)cc1. The number of hydrogen-bond acceptors (Lipinski definition) is 3. The van der Waals surface area contributed by atoms with Gasteiger partial charge in [-0.3, -0.25) is 10.1 Å². The maximum Gasteiger partial charge on any atom is 0.250 e. The van der Waals surface area contributed by atoms with Crippen molar-refractivity contribution in [2.45, 2.75) is 26.3 Å². The summed E-state index contributed by atoms with van der Waals surface area (Å²) in [4.78, 5) is 12.1. The topological polar surface area (TPSA) is 54.3 Å². The number of benzene rings is 2. The number of rotatable bonds is 6. The lowest BCUT2D eigenvalue weighted by Crippen LogP contribution is -2.37. The number of amides is 1. The van der Waals surface area contributed by atoms with Crippen molar-refractivity contribution < 1.29 is 9.21 Å². The van der Waals surface area contributed by atoms with Crippen molar-refractivity contribution in [2.75, 3.05) is 0 Å². The number of furan rings is 1. The average Bonchev–Trinajstić information content (AvgIpc) is 3.20. The van der Waals surface area contributed by atoms with E-state index in [1.54, 1.807) is 6.08 Å². The molecule has 0 fully saturated rings. The molecular formula is C24H23BrN2O2S. The molecule has 2 aromatic carbocycles. The molecule has 1 amide bonds. The number of hydrogen-bond donors (Lipinski definition) is 2. The monoisotopic (exact) mass is 482 g/mol. The standard InChI is InChI=1S/C24H23BrN2O2S/c1-16(2)18-6-3-17(4-7-18)5-14-23(28)27-24(30)26-15-21-12-13-22(29-21)19-8-10-20(25)11-9-19/h3-14,16H,15H2,1-2H3,(H2,26,27,28,30)/b14-5+. The Hall–Kier alpha value is -2.70. The number of carbonyl (C=O) groups excluding carboxylic acids is 1. The third-order valence-electron chi connectivity index (χ3n) is 4.48. The van der Waals surface area contributed by atoms with Crippen molar-refractivity contribution in [1.82, 2.24) is 10.6 Å². The Morgan fingerprint density at radius 3 is 2.43 bits per heavy atom. The van der Waals surface area contributed by atoms with Crippen molar-refractivity contribution in [2.24, 2.45) is 0 Å². The summed E-state index contributed by atoms with van der Waals surface area (Å²) in [5, 5.41) is 5.88. The van der Waals surface area contributed by atoms with Crippen LogP contribution in [-0.4, -0.2) is 11.0 Å². The molecule has 0 atom stereocenters. The van der Waals surface area contributed by atoms with Gasteiger partial charge in [-0.15, -0.1) is 0 Å². The van der Waals surface area contributed by atoms with Gasteiger partial charge in [-0.25, -0.2) is 0 Å². The van der Waals surface area contributed by atoms with Crippen LogP contribution >= 0.6 is 28.1 Å². The van der Waals surface area contributed by atoms with E-state index in [9.17, 15) is 4.79 Å². The lowest BCUT2D eigenvalue weighted by atomic mass is 10.0. The van der Waals surface area contributed by atoms with Crippen LogP contribution in [0.2, 0.25) is 0 Å². The highest BCUT2D eigenvalue weighted by molar-refractivity contribution is 9.10. The second kappa shape index (κ2) is 10.4. The van der Waals surface area contributed by atoms with Gasteiger partial charge in [0.1, 0.15) is 11.5 Å². The number of halogens is 1. The average molecular weight is 483 g/mol. The van der Waals surface area contributed by atoms with Crippen LogP contribution in [0.1, 0.15) is 36.7 Å². The van der Waals surface area contributed by atoms with Crippen molar-refractivity contribution in [3.05, 3.63) is 88.1 Å². The molecule has 6 heteroatoms. The van der Waals surface area contributed by atoms with E-state index in [0.29, 0.717) is 12.5 Å². The Morgan fingerprint density at radius 1 is 1.07 bits per heavy atom. The molecule has 0 aliphatic heterocycles. The van der Waals surface area contributed by atoms with Crippen LogP contribution < -0.4 is 10.6 Å². The van der Waals surface area contributed by atoms with Crippen LogP contribution in [0.15, 0.2) is 75.6 Å². The summed E-state index contributed by atoms with van der Waals surface area (Å²) in [6.45, 7) is 4.68. The molecule has 0 aliphatic rings. The number of nitrogens with one attached hydrogen (secondary N) is 2. The van der Waals surface area contributed by atoms with Crippen LogP contribution in [0.3, 0.4) is 0 Å². The molecule has 30 heavy (non-hydrogen) atoms. The highest BCUT2D eigenvalue weighted by Crippen LogP contribution is 2.24. The first-order valence-corrected chi connectivity index (χ1v) is 10.8. The summed E-state index contributed by atoms with van der Waals surface area (Å²) in [5.74, 6) is 1.70. The Morgan fingerprint density at radius 2 is 1.77 bits per heavy atom. The summed E-state index contributed by atoms with van der Waals surface area (Å²) in [5.41, 5.74) is 3.22. The zero-order valence-corrected chi connectivity index (χ0v) is 19.2. The Bertz CT molecular complexity index is 1040. The fourth-order valence-corrected chi connectivity index (χ4v) is 3.21. The first-order valence-electron chi connectivity index (χ1n) is 9.62. The first-order chi connectivity index (χ1) is 14.4. The van der Waals surface area contributed by atoms with Gasteiger partial charge in [0.25, 0.3) is 0 Å². The van der Waals surface area contributed by atoms with E-state index in [1.165, 1.54) is 11.6 Å². The van der Waals surface area contributed by atoms with Crippen molar-refractivity contribution in [3.63, 3.8) is 0 Å². The highest BCUT2D eigenvalue weighted by atomic mass is 79.9. The molecule has 2 N–H and O–H groups in total. The fourth-order valence-electron chi connectivity index (χ4n) is 2.77. The second-order valence-corrected chi connectivity index (χ2v) is 8.42. The minimum Gasteiger partial charge on any atom is -0.459 e. The van der Waals surface area contributed by atoms with Crippen LogP contribution in [0.25, 0.3) is 17.4 Å². The maximum absolute atomic E-state index is 12.1. The largest absolute Gasteiger partial charge is 0.459 e. The Labute approximate surface area is 190 Å². The number of carbonyl (C=O) groups is 1. The van der Waals surface area contributed by atoms with E-state index in [2.05, 4.69) is 52.5 Å². The van der Waals surface area contributed by atoms with Crippen molar-refractivity contribution in [3.8, 4) is 11.3 Å². The molecule has 0 saturated carbocycles. The molecule has 3 aromatic rings. The van der Waals surface area contributed by atoms with Crippen molar-refractivity contribution >= 4 is 45.2 Å². The van der Waals surface area contributed by atoms with E-state index in [0.717, 1.165) is 27.1 Å². The predicted octanol–water partition coefficient (Wildman–Crippen LogP) is 6.04. The molecule has 0 saturated heterocycles. The zero-order chi connectivity index (χ0) is 21.5. The minimum atomic E-state index is -0.282. The number of thiocarbonyl (C=S) groups is 1. The molecule has 0 aliphatic carbocycles. The van der Waals surface area contributed by atoms with Crippen LogP contribution in [0.4, 0.5) is 0 Å². The molecule has 0 spiro atoms. The third-order valence-corrected chi connectivity index (χ3v) is 5.26. The lowest BCUT2D eigenvalue weighted by Gasteiger charge is -2.07. The van der Waals surface area contributed by atoms with Crippen LogP contribution in [0.5, 0.6) is 0 Å². The van der Waals surface area contributed by atoms with E-state index in [-0.39, 0.29) is 11.0 Å². The molecule has 0 unspecified atom stereocenters. The molecule has 1 heterocycles. The van der Waals surface area contributed by atoms with Gasteiger partial charge in [0.2, 0.25) is 5.91 Å². The van der Waals surface area contributed by atoms with Gasteiger partial charge >= 0.3 is 0 Å². The van der Waals surface area contributed by atoms with E-state index < -0.39 is 0 Å². The third kappa shape index (κ3) is 6.40. The van der Waals surface area contributed by atoms with Gasteiger partial charge in [-0.2, -0.15) is 0 Å². The Kier molecular flexibility index (Phi) is 7.60. The summed E-state index contributed by atoms with van der Waals surface area (Å²) in [6.07, 6.45) is 3.23. The van der Waals surface area contributed by atoms with Gasteiger partial charge < -0.3 is 9.73 Å². The first kappa shape index (κ1) is 22.0. The van der Waals surface area contributed by atoms with Crippen LogP contribution in [-0.2, 0) is 11.3 Å². The highest BCUT2D eigenvalue weighted by Gasteiger charge is 2.06. The molecule has 3 rings (SSSR count). The van der Waals surface area contributed by atoms with Crippen molar-refractivity contribution in [1.29, 1.82) is 0 Å². The van der Waals surface area contributed by atoms with Gasteiger partial charge in [0.15, 0.2) is 5.11 Å². The van der Waals surface area contributed by atoms with Gasteiger partial charge in [-0.05, 0) is 59.6 Å². The zero-order valence-electron chi connectivity index (χ0n) is 16.8. The van der Waals surface area contributed by atoms with Gasteiger partial charge in [-0.1, -0.05) is 66.2 Å². The predicted molar refractivity (Wildman–Crippen MR) is 129 cm³/mol. The maximum atomic E-state index is 12.1. The molecule has 0 radical (unpaired) electrons. The van der Waals surface area contributed by atoms with E-state index in [1.807, 2.05) is 48.5 Å². The normalized spacial score (nSPS) is 11.1. The van der Waals surface area contributed by atoms with E-state index in [4.69, 9.17) is 16.6 Å². The van der Waals surface area contributed by atoms with E-state index >= 15 is 0 Å². The fraction of sp³-hybridized carbons (Fsp3) is 0.167. The quantitative estimate of drug-likeness (QED) is 0.332. The van der Waals surface area contributed by atoms with Gasteiger partial charge in [0, 0.05) is 16.1 Å². The second-order valence-electron chi connectivity index (χ2n) is 7.10. The molecular weight excluding hydrogens is 460 g/mol. The Balaban J connectivity index is 1.47. The molecule has 1 aromatic heterocycles. The summed E-state index contributed by atoms with van der Waals surface area (Å²) in [6, 6.07) is 19.8. The van der Waals surface area contributed by atoms with Gasteiger partial charge in [0.05, 0.1) is 6.54 Å². The molecule has 4 nitrogen and oxygen atoms in total. The molecule has 0 bridgehead atoms. The minimum absolute atomic E-state index is 0.251. The molecule has 154 valence electrons. The lowest BCUT2D eigenvalue weighted by molar-refractivity contribution is -0.115. The summed E-state index contributed by atoms with van der Waals surface area (Å²) >= 11 is 8.62. The van der Waals surface area contributed by atoms with Crippen LogP contribution in [0, 0.1) is 0 Å².